The first-order chi connectivity index (χ1) is 19.4. The summed E-state index contributed by atoms with van der Waals surface area (Å²) >= 11 is 0. The van der Waals surface area contributed by atoms with Crippen LogP contribution in [0.1, 0.15) is 93.4 Å². The minimum atomic E-state index is -3.06. The van der Waals surface area contributed by atoms with E-state index in [2.05, 4.69) is 5.32 Å². The number of amides is 2. The van der Waals surface area contributed by atoms with Gasteiger partial charge in [0.15, 0.2) is 11.6 Å². The van der Waals surface area contributed by atoms with Crippen LogP contribution in [0.15, 0.2) is 42.5 Å². The molecular formula is C32H42F2N2O5. The van der Waals surface area contributed by atoms with Gasteiger partial charge in [0.1, 0.15) is 11.3 Å². The summed E-state index contributed by atoms with van der Waals surface area (Å²) in [6.07, 6.45) is 0.157. The first-order valence-electron chi connectivity index (χ1n) is 14.3. The van der Waals surface area contributed by atoms with E-state index in [1.54, 1.807) is 30.3 Å². The van der Waals surface area contributed by atoms with Crippen LogP contribution >= 0.6 is 0 Å². The number of ether oxygens (including phenoxy) is 2. The Balaban J connectivity index is 1.90. The molecule has 3 rings (SSSR count). The van der Waals surface area contributed by atoms with Gasteiger partial charge in [0, 0.05) is 38.0 Å². The zero-order chi connectivity index (χ0) is 30.4. The van der Waals surface area contributed by atoms with Crippen molar-refractivity contribution in [3.63, 3.8) is 0 Å². The van der Waals surface area contributed by atoms with Gasteiger partial charge in [0.2, 0.25) is 0 Å². The molecule has 1 aliphatic carbocycles. The molecule has 9 heteroatoms. The molecule has 1 fully saturated rings. The van der Waals surface area contributed by atoms with Crippen molar-refractivity contribution in [3.05, 3.63) is 64.7 Å². The summed E-state index contributed by atoms with van der Waals surface area (Å²) in [5, 5.41) is 2.92. The Bertz CT molecular complexity index is 1230. The summed E-state index contributed by atoms with van der Waals surface area (Å²) in [5.74, 6) is -2.94. The van der Waals surface area contributed by atoms with Crippen LogP contribution < -0.4 is 10.1 Å². The fourth-order valence-electron chi connectivity index (χ4n) is 5.53. The van der Waals surface area contributed by atoms with Crippen LogP contribution in [0.3, 0.4) is 0 Å². The molecular weight excluding hydrogens is 530 g/mol. The molecule has 0 spiro atoms. The number of benzene rings is 2. The van der Waals surface area contributed by atoms with Gasteiger partial charge < -0.3 is 19.7 Å². The van der Waals surface area contributed by atoms with E-state index in [-0.39, 0.29) is 36.2 Å². The lowest BCUT2D eigenvalue weighted by Crippen LogP contribution is -2.66. The van der Waals surface area contributed by atoms with Crippen molar-refractivity contribution in [1.82, 2.24) is 10.2 Å². The Kier molecular flexibility index (Phi) is 10.6. The summed E-state index contributed by atoms with van der Waals surface area (Å²) in [4.78, 5) is 40.2. The first kappa shape index (κ1) is 32.2. The highest BCUT2D eigenvalue weighted by molar-refractivity contribution is 5.97. The molecule has 7 nitrogen and oxygen atoms in total. The van der Waals surface area contributed by atoms with Gasteiger partial charge in [-0.25, -0.2) is 13.6 Å². The Morgan fingerprint density at radius 3 is 2.29 bits per heavy atom. The average Bonchev–Trinajstić information content (AvgIpc) is 2.90. The van der Waals surface area contributed by atoms with E-state index in [4.69, 9.17) is 9.47 Å². The molecule has 41 heavy (non-hydrogen) atoms. The fourth-order valence-corrected chi connectivity index (χ4v) is 5.53. The van der Waals surface area contributed by atoms with E-state index in [0.717, 1.165) is 5.56 Å². The molecule has 0 bridgehead atoms. The number of nitrogens with one attached hydrogen (secondary N) is 1. The van der Waals surface area contributed by atoms with Crippen molar-refractivity contribution in [2.24, 2.45) is 0 Å². The number of carbonyl (C=O) groups is 3. The molecule has 0 saturated heterocycles. The Labute approximate surface area is 241 Å². The minimum Gasteiger partial charge on any atom is -0.493 e. The zero-order valence-corrected chi connectivity index (χ0v) is 24.9. The van der Waals surface area contributed by atoms with Crippen molar-refractivity contribution < 1.29 is 32.6 Å². The number of Topliss-reactive ketones (excluding diaryl/α,β-unsaturated/α-hetero) is 2. The van der Waals surface area contributed by atoms with E-state index < -0.39 is 30.0 Å². The van der Waals surface area contributed by atoms with Crippen molar-refractivity contribution in [2.45, 2.75) is 90.8 Å². The van der Waals surface area contributed by atoms with Crippen LogP contribution in [0.5, 0.6) is 5.75 Å². The quantitative estimate of drug-likeness (QED) is 0.253. The van der Waals surface area contributed by atoms with Crippen LogP contribution in [0.4, 0.5) is 13.6 Å². The molecule has 1 N–H and O–H groups in total. The average molecular weight is 573 g/mol. The van der Waals surface area contributed by atoms with Crippen LogP contribution in [0, 0.1) is 6.92 Å². The molecule has 1 atom stereocenters. The molecule has 1 saturated carbocycles. The topological polar surface area (TPSA) is 84.9 Å². The van der Waals surface area contributed by atoms with E-state index in [1.807, 2.05) is 27.7 Å². The normalized spacial score (nSPS) is 19.2. The van der Waals surface area contributed by atoms with Crippen molar-refractivity contribution in [2.75, 3.05) is 19.8 Å². The van der Waals surface area contributed by atoms with Gasteiger partial charge >= 0.3 is 6.03 Å². The summed E-state index contributed by atoms with van der Waals surface area (Å²) in [6, 6.07) is 9.98. The summed E-state index contributed by atoms with van der Waals surface area (Å²) < 4.78 is 41.4. The molecule has 1 aliphatic rings. The molecule has 0 radical (unpaired) electrons. The minimum absolute atomic E-state index is 0.0240. The third kappa shape index (κ3) is 7.31. The Morgan fingerprint density at radius 1 is 1.07 bits per heavy atom. The van der Waals surface area contributed by atoms with E-state index in [9.17, 15) is 23.2 Å². The van der Waals surface area contributed by atoms with Crippen LogP contribution in [-0.2, 0) is 15.5 Å². The molecule has 0 heterocycles. The monoisotopic (exact) mass is 572 g/mol. The second kappa shape index (κ2) is 13.6. The predicted molar refractivity (Wildman–Crippen MR) is 154 cm³/mol. The SMILES string of the molecule is CCOc1c(C(C)=O)ccc([C@@H](C)N(CCCC(F)(F)c2ccccc2)C(=O)NC2(C(C)=O)CC(OCC)C2)c1C. The summed E-state index contributed by atoms with van der Waals surface area (Å²) in [7, 11) is 0. The van der Waals surface area contributed by atoms with Crippen LogP contribution in [-0.4, -0.2) is 53.9 Å². The highest BCUT2D eigenvalue weighted by Crippen LogP contribution is 2.38. The van der Waals surface area contributed by atoms with Gasteiger partial charge in [-0.15, -0.1) is 0 Å². The first-order valence-corrected chi connectivity index (χ1v) is 14.3. The van der Waals surface area contributed by atoms with Crippen molar-refractivity contribution >= 4 is 17.6 Å². The maximum Gasteiger partial charge on any atom is 0.318 e. The molecule has 0 aliphatic heterocycles. The molecule has 224 valence electrons. The number of nitrogens with zero attached hydrogens (tertiary/aromatic N) is 1. The molecule has 2 aromatic carbocycles. The zero-order valence-electron chi connectivity index (χ0n) is 24.9. The van der Waals surface area contributed by atoms with Gasteiger partial charge in [-0.2, -0.15) is 0 Å². The molecule has 0 unspecified atom stereocenters. The number of hydrogen-bond acceptors (Lipinski definition) is 5. The van der Waals surface area contributed by atoms with Crippen LogP contribution in [0.2, 0.25) is 0 Å². The largest absolute Gasteiger partial charge is 0.493 e. The lowest BCUT2D eigenvalue weighted by molar-refractivity contribution is -0.134. The van der Waals surface area contributed by atoms with E-state index >= 15 is 0 Å². The number of urea groups is 1. The smallest absolute Gasteiger partial charge is 0.318 e. The fraction of sp³-hybridized carbons (Fsp3) is 0.531. The number of ketones is 2. The maximum absolute atomic E-state index is 15.0. The Morgan fingerprint density at radius 2 is 1.73 bits per heavy atom. The maximum atomic E-state index is 15.0. The summed E-state index contributed by atoms with van der Waals surface area (Å²) in [6.45, 7) is 11.1. The molecule has 2 aromatic rings. The number of rotatable bonds is 14. The van der Waals surface area contributed by atoms with Crippen LogP contribution in [0.25, 0.3) is 0 Å². The number of alkyl halides is 2. The lowest BCUT2D eigenvalue weighted by atomic mass is 9.71. The number of carbonyl (C=O) groups excluding carboxylic acids is 3. The predicted octanol–water partition coefficient (Wildman–Crippen LogP) is 6.77. The summed E-state index contributed by atoms with van der Waals surface area (Å²) in [5.41, 5.74) is 0.716. The van der Waals surface area contributed by atoms with Gasteiger partial charge in [-0.1, -0.05) is 36.4 Å². The number of hydrogen-bond donors (Lipinski definition) is 1. The third-order valence-corrected chi connectivity index (χ3v) is 7.95. The molecule has 0 aromatic heterocycles. The second-order valence-corrected chi connectivity index (χ2v) is 10.7. The number of halogens is 2. The van der Waals surface area contributed by atoms with Gasteiger partial charge in [-0.05, 0) is 65.2 Å². The highest BCUT2D eigenvalue weighted by Gasteiger charge is 2.50. The lowest BCUT2D eigenvalue weighted by Gasteiger charge is -2.47. The van der Waals surface area contributed by atoms with E-state index in [1.165, 1.54) is 30.9 Å². The third-order valence-electron chi connectivity index (χ3n) is 7.95. The highest BCUT2D eigenvalue weighted by atomic mass is 19.3. The van der Waals surface area contributed by atoms with Crippen molar-refractivity contribution in [3.8, 4) is 5.75 Å². The van der Waals surface area contributed by atoms with Crippen molar-refractivity contribution in [1.29, 1.82) is 0 Å². The second-order valence-electron chi connectivity index (χ2n) is 10.7. The Hall–Kier alpha value is -3.33. The van der Waals surface area contributed by atoms with Gasteiger partial charge in [0.05, 0.1) is 24.3 Å². The molecule has 2 amide bonds. The standard InChI is InChI=1S/C32H42F2N2O5/c1-7-40-26-19-31(20-26,24(6)38)35-30(39)36(18-12-17-32(33,34)25-13-10-9-11-14-25)22(4)27-15-16-28(23(5)37)29(21(27)3)41-8-2/h9-11,13-16,22,26H,7-8,12,17-20H2,1-6H3,(H,35,39)/t22-,26?,31?/m1/s1. The van der Waals surface area contributed by atoms with Gasteiger partial charge in [0.25, 0.3) is 5.92 Å². The van der Waals surface area contributed by atoms with E-state index in [0.29, 0.717) is 42.9 Å². The van der Waals surface area contributed by atoms with Gasteiger partial charge in [-0.3, -0.25) is 9.59 Å².